The highest BCUT2D eigenvalue weighted by Gasteiger charge is 2.16. The van der Waals surface area contributed by atoms with Gasteiger partial charge < -0.3 is 10.2 Å². The minimum atomic E-state index is 1.03. The van der Waals surface area contributed by atoms with Crippen LogP contribution < -0.4 is 5.32 Å². The van der Waals surface area contributed by atoms with Gasteiger partial charge in [-0.15, -0.1) is 11.3 Å². The summed E-state index contributed by atoms with van der Waals surface area (Å²) in [6.07, 6.45) is 2.08. The summed E-state index contributed by atoms with van der Waals surface area (Å²) in [5, 5.41) is 4.68. The van der Waals surface area contributed by atoms with E-state index in [0.717, 1.165) is 39.3 Å². The summed E-state index contributed by atoms with van der Waals surface area (Å²) in [4.78, 5) is 13.5. The standard InChI is InChI=1S/C14H25N5S/c1-17-6-8-19(9-7-17)12-14-16-10-13(20-14)11-18-4-2-15-3-5-18/h10,15H,2-9,11-12H2,1H3. The number of nitrogens with zero attached hydrogens (tertiary/aromatic N) is 4. The molecule has 0 saturated carbocycles. The minimum Gasteiger partial charge on any atom is -0.314 e. The van der Waals surface area contributed by atoms with E-state index < -0.39 is 0 Å². The average Bonchev–Trinajstić information content (AvgIpc) is 2.90. The van der Waals surface area contributed by atoms with Crippen LogP contribution in [-0.2, 0) is 13.1 Å². The lowest BCUT2D eigenvalue weighted by Gasteiger charge is -2.31. The maximum Gasteiger partial charge on any atom is 0.107 e. The summed E-state index contributed by atoms with van der Waals surface area (Å²) in [6, 6.07) is 0. The Labute approximate surface area is 125 Å². The third-order valence-electron chi connectivity index (χ3n) is 4.15. The van der Waals surface area contributed by atoms with E-state index in [0.29, 0.717) is 0 Å². The molecule has 0 atom stereocenters. The SMILES string of the molecule is CN1CCN(Cc2ncc(CN3CCNCC3)s2)CC1. The molecule has 0 aliphatic carbocycles. The van der Waals surface area contributed by atoms with E-state index in [2.05, 4.69) is 38.2 Å². The van der Waals surface area contributed by atoms with Crippen LogP contribution in [0.1, 0.15) is 9.88 Å². The van der Waals surface area contributed by atoms with Crippen molar-refractivity contribution in [2.45, 2.75) is 13.1 Å². The Hall–Kier alpha value is -0.530. The van der Waals surface area contributed by atoms with Crippen LogP contribution >= 0.6 is 11.3 Å². The molecule has 0 unspecified atom stereocenters. The van der Waals surface area contributed by atoms with Crippen LogP contribution in [0.5, 0.6) is 0 Å². The lowest BCUT2D eigenvalue weighted by molar-refractivity contribution is 0.148. The Bertz CT molecular complexity index is 407. The molecular weight excluding hydrogens is 270 g/mol. The summed E-state index contributed by atoms with van der Waals surface area (Å²) >= 11 is 1.89. The average molecular weight is 295 g/mol. The van der Waals surface area contributed by atoms with E-state index >= 15 is 0 Å². The fourth-order valence-corrected chi connectivity index (χ4v) is 3.79. The van der Waals surface area contributed by atoms with Crippen molar-refractivity contribution in [1.29, 1.82) is 0 Å². The molecule has 2 fully saturated rings. The van der Waals surface area contributed by atoms with Crippen molar-refractivity contribution >= 4 is 11.3 Å². The topological polar surface area (TPSA) is 34.6 Å². The highest BCUT2D eigenvalue weighted by atomic mass is 32.1. The predicted molar refractivity (Wildman–Crippen MR) is 83.0 cm³/mol. The predicted octanol–water partition coefficient (Wildman–Crippen LogP) is 0.296. The number of hydrogen-bond acceptors (Lipinski definition) is 6. The van der Waals surface area contributed by atoms with Crippen molar-refractivity contribution in [1.82, 2.24) is 25.0 Å². The van der Waals surface area contributed by atoms with Gasteiger partial charge in [0.2, 0.25) is 0 Å². The van der Waals surface area contributed by atoms with Gasteiger partial charge in [-0.3, -0.25) is 9.80 Å². The van der Waals surface area contributed by atoms with Crippen LogP contribution in [0.15, 0.2) is 6.20 Å². The molecule has 0 spiro atoms. The fourth-order valence-electron chi connectivity index (χ4n) is 2.78. The summed E-state index contributed by atoms with van der Waals surface area (Å²) in [7, 11) is 2.20. The molecule has 0 bridgehead atoms. The number of piperazine rings is 2. The van der Waals surface area contributed by atoms with Crippen LogP contribution in [0.25, 0.3) is 0 Å². The van der Waals surface area contributed by atoms with Gasteiger partial charge in [-0.2, -0.15) is 0 Å². The number of nitrogens with one attached hydrogen (secondary N) is 1. The van der Waals surface area contributed by atoms with E-state index in [1.807, 2.05) is 11.3 Å². The van der Waals surface area contributed by atoms with Gasteiger partial charge in [-0.25, -0.2) is 4.98 Å². The molecule has 20 heavy (non-hydrogen) atoms. The molecule has 112 valence electrons. The maximum atomic E-state index is 4.62. The molecule has 2 saturated heterocycles. The monoisotopic (exact) mass is 295 g/mol. The van der Waals surface area contributed by atoms with Crippen molar-refractivity contribution in [2.75, 3.05) is 59.4 Å². The zero-order valence-electron chi connectivity index (χ0n) is 12.3. The van der Waals surface area contributed by atoms with Crippen molar-refractivity contribution < 1.29 is 0 Å². The zero-order chi connectivity index (χ0) is 13.8. The lowest BCUT2D eigenvalue weighted by Crippen LogP contribution is -2.43. The molecule has 2 aliphatic rings. The van der Waals surface area contributed by atoms with Crippen molar-refractivity contribution in [3.63, 3.8) is 0 Å². The number of hydrogen-bond donors (Lipinski definition) is 1. The van der Waals surface area contributed by atoms with E-state index in [1.165, 1.54) is 36.1 Å². The largest absolute Gasteiger partial charge is 0.314 e. The van der Waals surface area contributed by atoms with Crippen molar-refractivity contribution in [2.24, 2.45) is 0 Å². The summed E-state index contributed by atoms with van der Waals surface area (Å²) < 4.78 is 0. The molecule has 6 heteroatoms. The third kappa shape index (κ3) is 3.99. The Kier molecular flexibility index (Phi) is 5.01. The molecule has 1 N–H and O–H groups in total. The van der Waals surface area contributed by atoms with Crippen LogP contribution in [-0.4, -0.2) is 79.1 Å². The first-order valence-corrected chi connectivity index (χ1v) is 8.39. The highest BCUT2D eigenvalue weighted by molar-refractivity contribution is 7.11. The number of thiazole rings is 1. The quantitative estimate of drug-likeness (QED) is 0.864. The van der Waals surface area contributed by atoms with Gasteiger partial charge in [-0.05, 0) is 7.05 Å². The Balaban J connectivity index is 1.48. The first kappa shape index (κ1) is 14.4. The fraction of sp³-hybridized carbons (Fsp3) is 0.786. The first-order chi connectivity index (χ1) is 9.79. The normalized spacial score (nSPS) is 23.2. The number of likely N-dealkylation sites (N-methyl/N-ethyl adjacent to an activating group) is 1. The molecule has 3 rings (SSSR count). The number of aromatic nitrogens is 1. The van der Waals surface area contributed by atoms with E-state index in [9.17, 15) is 0 Å². The zero-order valence-corrected chi connectivity index (χ0v) is 13.2. The number of rotatable bonds is 4. The lowest BCUT2D eigenvalue weighted by atomic mass is 10.3. The highest BCUT2D eigenvalue weighted by Crippen LogP contribution is 2.17. The second-order valence-corrected chi connectivity index (χ2v) is 7.03. The molecule has 1 aromatic heterocycles. The van der Waals surface area contributed by atoms with Crippen molar-refractivity contribution in [3.8, 4) is 0 Å². The molecule has 2 aliphatic heterocycles. The van der Waals surface area contributed by atoms with Gasteiger partial charge in [0.05, 0.1) is 6.54 Å². The van der Waals surface area contributed by atoms with Gasteiger partial charge in [0.25, 0.3) is 0 Å². The molecule has 3 heterocycles. The summed E-state index contributed by atoms with van der Waals surface area (Å²) in [5.74, 6) is 0. The van der Waals surface area contributed by atoms with Crippen LogP contribution in [0.4, 0.5) is 0 Å². The van der Waals surface area contributed by atoms with Gasteiger partial charge >= 0.3 is 0 Å². The maximum absolute atomic E-state index is 4.62. The van der Waals surface area contributed by atoms with E-state index in [-0.39, 0.29) is 0 Å². The van der Waals surface area contributed by atoms with Crippen LogP contribution in [0.3, 0.4) is 0 Å². The Morgan fingerprint density at radius 1 is 1.05 bits per heavy atom. The molecule has 0 aromatic carbocycles. The third-order valence-corrected chi connectivity index (χ3v) is 5.11. The second-order valence-electron chi connectivity index (χ2n) is 5.83. The van der Waals surface area contributed by atoms with Gasteiger partial charge in [-0.1, -0.05) is 0 Å². The molecule has 5 nitrogen and oxygen atoms in total. The first-order valence-electron chi connectivity index (χ1n) is 7.57. The summed E-state index contributed by atoms with van der Waals surface area (Å²) in [5.41, 5.74) is 0. The minimum absolute atomic E-state index is 1.03. The van der Waals surface area contributed by atoms with Crippen molar-refractivity contribution in [3.05, 3.63) is 16.1 Å². The van der Waals surface area contributed by atoms with Gasteiger partial charge in [0, 0.05) is 70.0 Å². The van der Waals surface area contributed by atoms with Gasteiger partial charge in [0.1, 0.15) is 5.01 Å². The molecular formula is C14H25N5S. The van der Waals surface area contributed by atoms with Crippen LogP contribution in [0, 0.1) is 0 Å². The Morgan fingerprint density at radius 3 is 2.50 bits per heavy atom. The van der Waals surface area contributed by atoms with E-state index in [4.69, 9.17) is 0 Å². The van der Waals surface area contributed by atoms with Gasteiger partial charge in [0.15, 0.2) is 0 Å². The van der Waals surface area contributed by atoms with Crippen LogP contribution in [0.2, 0.25) is 0 Å². The smallest absolute Gasteiger partial charge is 0.107 e. The second kappa shape index (κ2) is 6.95. The molecule has 0 amide bonds. The molecule has 1 aromatic rings. The Morgan fingerprint density at radius 2 is 1.75 bits per heavy atom. The van der Waals surface area contributed by atoms with E-state index in [1.54, 1.807) is 0 Å². The summed E-state index contributed by atoms with van der Waals surface area (Å²) in [6.45, 7) is 11.4. The molecule has 0 radical (unpaired) electrons.